The number of sulfonamides is 1. The molecule has 1 unspecified atom stereocenters. The Hall–Kier alpha value is -1.07. The van der Waals surface area contributed by atoms with Crippen LogP contribution >= 0.6 is 0 Å². The Morgan fingerprint density at radius 3 is 2.79 bits per heavy atom. The fourth-order valence-electron chi connectivity index (χ4n) is 2.68. The van der Waals surface area contributed by atoms with Gasteiger partial charge in [-0.25, -0.2) is 8.42 Å². The molecule has 0 amide bonds. The Labute approximate surface area is 115 Å². The summed E-state index contributed by atoms with van der Waals surface area (Å²) in [5.41, 5.74) is 1.93. The van der Waals surface area contributed by atoms with Gasteiger partial charge in [-0.05, 0) is 37.9 Å². The van der Waals surface area contributed by atoms with Crippen molar-refractivity contribution < 1.29 is 8.42 Å². The van der Waals surface area contributed by atoms with Gasteiger partial charge in [-0.3, -0.25) is 4.31 Å². The summed E-state index contributed by atoms with van der Waals surface area (Å²) in [5, 5.41) is 3.28. The van der Waals surface area contributed by atoms with Gasteiger partial charge in [0.25, 0.3) is 0 Å². The van der Waals surface area contributed by atoms with E-state index in [0.717, 1.165) is 24.1 Å². The number of para-hydroxylation sites is 1. The number of anilines is 1. The maximum absolute atomic E-state index is 12.4. The molecule has 0 aliphatic carbocycles. The van der Waals surface area contributed by atoms with E-state index in [4.69, 9.17) is 0 Å². The lowest BCUT2D eigenvalue weighted by atomic mass is 10.0. The molecule has 4 nitrogen and oxygen atoms in total. The normalized spacial score (nSPS) is 19.9. The molecule has 1 aromatic carbocycles. The Balaban J connectivity index is 2.47. The fraction of sp³-hybridized carbons (Fsp3) is 0.571. The molecule has 1 aromatic rings. The maximum atomic E-state index is 12.4. The van der Waals surface area contributed by atoms with Crippen molar-refractivity contribution in [2.45, 2.75) is 32.2 Å². The zero-order valence-corrected chi connectivity index (χ0v) is 12.4. The summed E-state index contributed by atoms with van der Waals surface area (Å²) in [6.07, 6.45) is 2.49. The first-order valence-electron chi connectivity index (χ1n) is 6.86. The van der Waals surface area contributed by atoms with Crippen molar-refractivity contribution in [1.29, 1.82) is 0 Å². The highest BCUT2D eigenvalue weighted by atomic mass is 32.2. The number of hydrogen-bond acceptors (Lipinski definition) is 3. The summed E-state index contributed by atoms with van der Waals surface area (Å²) < 4.78 is 26.4. The molecule has 0 fully saturated rings. The quantitative estimate of drug-likeness (QED) is 0.922. The third kappa shape index (κ3) is 2.92. The van der Waals surface area contributed by atoms with Crippen LogP contribution in [-0.4, -0.2) is 27.8 Å². The van der Waals surface area contributed by atoms with E-state index in [1.54, 1.807) is 4.31 Å². The molecule has 0 bridgehead atoms. The van der Waals surface area contributed by atoms with E-state index in [0.29, 0.717) is 13.0 Å². The van der Waals surface area contributed by atoms with Crippen LogP contribution in [0.1, 0.15) is 37.8 Å². The van der Waals surface area contributed by atoms with Crippen LogP contribution in [0.2, 0.25) is 0 Å². The van der Waals surface area contributed by atoms with Crippen LogP contribution < -0.4 is 9.62 Å². The van der Waals surface area contributed by atoms with Crippen LogP contribution in [0.15, 0.2) is 24.3 Å². The lowest BCUT2D eigenvalue weighted by Gasteiger charge is -2.25. The molecule has 0 radical (unpaired) electrons. The first-order chi connectivity index (χ1) is 9.10. The van der Waals surface area contributed by atoms with E-state index in [1.807, 2.05) is 38.2 Å². The topological polar surface area (TPSA) is 49.4 Å². The Morgan fingerprint density at radius 1 is 1.37 bits per heavy atom. The molecule has 19 heavy (non-hydrogen) atoms. The first-order valence-corrected chi connectivity index (χ1v) is 8.47. The Bertz CT molecular complexity index is 528. The molecule has 0 spiro atoms. The minimum absolute atomic E-state index is 0.214. The Morgan fingerprint density at radius 2 is 2.11 bits per heavy atom. The number of nitrogens with one attached hydrogen (secondary N) is 1. The second kappa shape index (κ2) is 5.92. The number of rotatable bonds is 4. The van der Waals surface area contributed by atoms with Crippen LogP contribution in [0.3, 0.4) is 0 Å². The van der Waals surface area contributed by atoms with Gasteiger partial charge in [0, 0.05) is 12.6 Å². The summed E-state index contributed by atoms with van der Waals surface area (Å²) in [6.45, 7) is 2.48. The second-order valence-electron chi connectivity index (χ2n) is 4.93. The molecule has 1 atom stereocenters. The number of hydrogen-bond donors (Lipinski definition) is 1. The van der Waals surface area contributed by atoms with Crippen LogP contribution in [0.4, 0.5) is 5.69 Å². The molecule has 0 aromatic heterocycles. The molecule has 1 aliphatic rings. The summed E-state index contributed by atoms with van der Waals surface area (Å²) in [4.78, 5) is 0. The van der Waals surface area contributed by atoms with Gasteiger partial charge in [0.05, 0.1) is 11.4 Å². The van der Waals surface area contributed by atoms with E-state index in [9.17, 15) is 8.42 Å². The average molecular weight is 282 g/mol. The van der Waals surface area contributed by atoms with E-state index >= 15 is 0 Å². The summed E-state index contributed by atoms with van der Waals surface area (Å²) in [5.74, 6) is 0.214. The average Bonchev–Trinajstić information content (AvgIpc) is 2.58. The van der Waals surface area contributed by atoms with Crippen molar-refractivity contribution in [3.63, 3.8) is 0 Å². The molecule has 5 heteroatoms. The standard InChI is InChI=1S/C14H22N2O2S/c1-3-11-19(17,18)16-10-6-8-13(15-2)12-7-4-5-9-14(12)16/h4-5,7,9,13,15H,3,6,8,10-11H2,1-2H3. The second-order valence-corrected chi connectivity index (χ2v) is 6.94. The maximum Gasteiger partial charge on any atom is 0.235 e. The van der Waals surface area contributed by atoms with Crippen LogP contribution in [0.5, 0.6) is 0 Å². The van der Waals surface area contributed by atoms with Crippen molar-refractivity contribution in [2.24, 2.45) is 0 Å². The van der Waals surface area contributed by atoms with E-state index in [1.165, 1.54) is 0 Å². The highest BCUT2D eigenvalue weighted by Crippen LogP contribution is 2.34. The van der Waals surface area contributed by atoms with Crippen molar-refractivity contribution in [3.05, 3.63) is 29.8 Å². The third-order valence-electron chi connectivity index (χ3n) is 3.58. The van der Waals surface area contributed by atoms with Crippen molar-refractivity contribution in [1.82, 2.24) is 5.32 Å². The highest BCUT2D eigenvalue weighted by molar-refractivity contribution is 7.92. The van der Waals surface area contributed by atoms with Gasteiger partial charge in [-0.1, -0.05) is 25.1 Å². The molecule has 1 heterocycles. The monoisotopic (exact) mass is 282 g/mol. The van der Waals surface area contributed by atoms with Crippen LogP contribution in [0, 0.1) is 0 Å². The summed E-state index contributed by atoms with van der Waals surface area (Å²) >= 11 is 0. The van der Waals surface area contributed by atoms with Gasteiger partial charge >= 0.3 is 0 Å². The van der Waals surface area contributed by atoms with Crippen molar-refractivity contribution in [3.8, 4) is 0 Å². The minimum atomic E-state index is -3.20. The van der Waals surface area contributed by atoms with Crippen molar-refractivity contribution >= 4 is 15.7 Å². The molecule has 1 N–H and O–H groups in total. The van der Waals surface area contributed by atoms with Gasteiger partial charge in [0.2, 0.25) is 10.0 Å². The van der Waals surface area contributed by atoms with Crippen LogP contribution in [-0.2, 0) is 10.0 Å². The molecular weight excluding hydrogens is 260 g/mol. The van der Waals surface area contributed by atoms with Gasteiger partial charge in [0.1, 0.15) is 0 Å². The highest BCUT2D eigenvalue weighted by Gasteiger charge is 2.28. The SMILES string of the molecule is CCCS(=O)(=O)N1CCCC(NC)c2ccccc21. The fourth-order valence-corrected chi connectivity index (χ4v) is 4.29. The van der Waals surface area contributed by atoms with Crippen LogP contribution in [0.25, 0.3) is 0 Å². The van der Waals surface area contributed by atoms with E-state index in [2.05, 4.69) is 5.32 Å². The van der Waals surface area contributed by atoms with E-state index in [-0.39, 0.29) is 11.8 Å². The third-order valence-corrected chi connectivity index (χ3v) is 5.56. The van der Waals surface area contributed by atoms with Gasteiger partial charge in [0.15, 0.2) is 0 Å². The molecule has 0 saturated heterocycles. The van der Waals surface area contributed by atoms with Crippen molar-refractivity contribution in [2.75, 3.05) is 23.7 Å². The number of fused-ring (bicyclic) bond motifs is 1. The Kier molecular flexibility index (Phi) is 4.47. The number of benzene rings is 1. The van der Waals surface area contributed by atoms with Gasteiger partial charge in [-0.15, -0.1) is 0 Å². The van der Waals surface area contributed by atoms with Gasteiger partial charge < -0.3 is 5.32 Å². The lowest BCUT2D eigenvalue weighted by Crippen LogP contribution is -2.33. The van der Waals surface area contributed by atoms with E-state index < -0.39 is 10.0 Å². The predicted molar refractivity (Wildman–Crippen MR) is 78.9 cm³/mol. The predicted octanol–water partition coefficient (Wildman–Crippen LogP) is 2.29. The molecule has 106 valence electrons. The smallest absolute Gasteiger partial charge is 0.235 e. The zero-order chi connectivity index (χ0) is 13.9. The zero-order valence-electron chi connectivity index (χ0n) is 11.6. The lowest BCUT2D eigenvalue weighted by molar-refractivity contribution is 0.543. The first kappa shape index (κ1) is 14.3. The largest absolute Gasteiger partial charge is 0.313 e. The molecular formula is C14H22N2O2S. The summed E-state index contributed by atoms with van der Waals surface area (Å²) in [6, 6.07) is 8.05. The number of nitrogens with zero attached hydrogens (tertiary/aromatic N) is 1. The van der Waals surface area contributed by atoms with Gasteiger partial charge in [-0.2, -0.15) is 0 Å². The molecule has 1 aliphatic heterocycles. The minimum Gasteiger partial charge on any atom is -0.313 e. The molecule has 2 rings (SSSR count). The molecule has 0 saturated carbocycles. The summed E-state index contributed by atoms with van der Waals surface area (Å²) in [7, 11) is -1.27.